The Morgan fingerprint density at radius 3 is 2.29 bits per heavy atom. The van der Waals surface area contributed by atoms with E-state index < -0.39 is 0 Å². The average molecular weight is 287 g/mol. The first-order valence-electron chi connectivity index (χ1n) is 8.31. The molecule has 0 aromatic heterocycles. The molecule has 0 amide bonds. The van der Waals surface area contributed by atoms with Crippen molar-refractivity contribution in [3.8, 4) is 0 Å². The van der Waals surface area contributed by atoms with Crippen molar-refractivity contribution in [3.63, 3.8) is 0 Å². The van der Waals surface area contributed by atoms with E-state index >= 15 is 0 Å². The molecule has 0 nitrogen and oxygen atoms in total. The molecule has 118 valence electrons. The standard InChI is InChI=1S/C21H34/c1-9-16(2)15-18(20(4,5)6)12-13-19-17(3)11-10-14-21(19,7)8/h9,12-13,15H,10-11,14H2,1-8H3/b13-12+,16-9+,18-15-. The van der Waals surface area contributed by atoms with E-state index in [4.69, 9.17) is 0 Å². The maximum Gasteiger partial charge on any atom is -0.0104 e. The lowest BCUT2D eigenvalue weighted by molar-refractivity contribution is 0.376. The fourth-order valence-corrected chi connectivity index (χ4v) is 3.03. The Hall–Kier alpha value is -1.04. The predicted molar refractivity (Wildman–Crippen MR) is 96.4 cm³/mol. The quantitative estimate of drug-likeness (QED) is 0.489. The van der Waals surface area contributed by atoms with Gasteiger partial charge in [0.2, 0.25) is 0 Å². The Morgan fingerprint density at radius 2 is 1.81 bits per heavy atom. The van der Waals surface area contributed by atoms with E-state index in [1.54, 1.807) is 11.1 Å². The Balaban J connectivity index is 3.18. The third-order valence-corrected chi connectivity index (χ3v) is 4.68. The second-order valence-electron chi connectivity index (χ2n) is 8.15. The lowest BCUT2D eigenvalue weighted by atomic mass is 9.72. The van der Waals surface area contributed by atoms with Gasteiger partial charge in [0.1, 0.15) is 0 Å². The van der Waals surface area contributed by atoms with Gasteiger partial charge in [0.15, 0.2) is 0 Å². The van der Waals surface area contributed by atoms with Crippen molar-refractivity contribution in [3.05, 3.63) is 46.6 Å². The van der Waals surface area contributed by atoms with E-state index in [2.05, 4.69) is 79.7 Å². The summed E-state index contributed by atoms with van der Waals surface area (Å²) in [6.07, 6.45) is 13.1. The molecule has 1 aliphatic rings. The minimum absolute atomic E-state index is 0.175. The molecule has 0 saturated heterocycles. The van der Waals surface area contributed by atoms with Crippen LogP contribution in [0.2, 0.25) is 0 Å². The van der Waals surface area contributed by atoms with Crippen LogP contribution in [0.3, 0.4) is 0 Å². The van der Waals surface area contributed by atoms with Crippen LogP contribution in [0.25, 0.3) is 0 Å². The molecule has 0 spiro atoms. The van der Waals surface area contributed by atoms with Crippen molar-refractivity contribution in [2.45, 2.75) is 74.7 Å². The fraction of sp³-hybridized carbons (Fsp3) is 0.619. The van der Waals surface area contributed by atoms with Gasteiger partial charge < -0.3 is 0 Å². The molecule has 0 bridgehead atoms. The van der Waals surface area contributed by atoms with Crippen LogP contribution in [0.15, 0.2) is 46.6 Å². The second kappa shape index (κ2) is 6.81. The molecule has 0 N–H and O–H groups in total. The third kappa shape index (κ3) is 5.02. The monoisotopic (exact) mass is 286 g/mol. The average Bonchev–Trinajstić information content (AvgIpc) is 2.34. The molecule has 0 saturated carbocycles. The topological polar surface area (TPSA) is 0 Å². The molecular weight excluding hydrogens is 252 g/mol. The smallest absolute Gasteiger partial charge is 0.0104 e. The van der Waals surface area contributed by atoms with E-state index in [-0.39, 0.29) is 5.41 Å². The number of allylic oxidation sites excluding steroid dienone is 8. The summed E-state index contributed by atoms with van der Waals surface area (Å²) < 4.78 is 0. The summed E-state index contributed by atoms with van der Waals surface area (Å²) >= 11 is 0. The SMILES string of the molecule is C/C=C(C)/C=C(/C=C/C1=C(C)CCCC1(C)C)C(C)(C)C. The first-order chi connectivity index (χ1) is 9.58. The Labute approximate surface area is 132 Å². The molecule has 1 rings (SSSR count). The van der Waals surface area contributed by atoms with Crippen LogP contribution >= 0.6 is 0 Å². The van der Waals surface area contributed by atoms with Gasteiger partial charge >= 0.3 is 0 Å². The van der Waals surface area contributed by atoms with Gasteiger partial charge in [-0.25, -0.2) is 0 Å². The third-order valence-electron chi connectivity index (χ3n) is 4.68. The highest BCUT2D eigenvalue weighted by Gasteiger charge is 2.26. The Morgan fingerprint density at radius 1 is 1.19 bits per heavy atom. The minimum atomic E-state index is 0.175. The van der Waals surface area contributed by atoms with E-state index in [9.17, 15) is 0 Å². The summed E-state index contributed by atoms with van der Waals surface area (Å²) in [4.78, 5) is 0. The van der Waals surface area contributed by atoms with E-state index in [1.807, 2.05) is 0 Å². The maximum absolute atomic E-state index is 2.38. The van der Waals surface area contributed by atoms with Crippen LogP contribution in [-0.4, -0.2) is 0 Å². The zero-order valence-corrected chi connectivity index (χ0v) is 15.4. The van der Waals surface area contributed by atoms with E-state index in [0.29, 0.717) is 5.41 Å². The number of hydrogen-bond donors (Lipinski definition) is 0. The van der Waals surface area contributed by atoms with Crippen LogP contribution in [0.4, 0.5) is 0 Å². The molecule has 0 atom stereocenters. The molecule has 0 heteroatoms. The highest BCUT2D eigenvalue weighted by Crippen LogP contribution is 2.41. The van der Waals surface area contributed by atoms with Gasteiger partial charge in [-0.15, -0.1) is 0 Å². The van der Waals surface area contributed by atoms with Crippen molar-refractivity contribution in [2.24, 2.45) is 10.8 Å². The largest absolute Gasteiger partial charge is 0.0847 e. The van der Waals surface area contributed by atoms with Crippen molar-refractivity contribution < 1.29 is 0 Å². The predicted octanol–water partition coefficient (Wildman–Crippen LogP) is 7.01. The Kier molecular flexibility index (Phi) is 5.84. The summed E-state index contributed by atoms with van der Waals surface area (Å²) in [5, 5.41) is 0. The highest BCUT2D eigenvalue weighted by atomic mass is 14.3. The van der Waals surface area contributed by atoms with Crippen molar-refractivity contribution in [1.82, 2.24) is 0 Å². The zero-order chi connectivity index (χ0) is 16.3. The summed E-state index contributed by atoms with van der Waals surface area (Å²) in [5.41, 5.74) is 6.34. The maximum atomic E-state index is 2.38. The van der Waals surface area contributed by atoms with Crippen LogP contribution in [-0.2, 0) is 0 Å². The summed E-state index contributed by atoms with van der Waals surface area (Å²) in [6.45, 7) is 18.2. The second-order valence-corrected chi connectivity index (χ2v) is 8.15. The van der Waals surface area contributed by atoms with Gasteiger partial charge in [-0.3, -0.25) is 0 Å². The van der Waals surface area contributed by atoms with Gasteiger partial charge in [-0.2, -0.15) is 0 Å². The fourth-order valence-electron chi connectivity index (χ4n) is 3.03. The lowest BCUT2D eigenvalue weighted by Gasteiger charge is -2.33. The van der Waals surface area contributed by atoms with Crippen LogP contribution in [0.1, 0.15) is 74.7 Å². The molecule has 21 heavy (non-hydrogen) atoms. The van der Waals surface area contributed by atoms with Gasteiger partial charge in [0, 0.05) is 0 Å². The lowest BCUT2D eigenvalue weighted by Crippen LogP contribution is -2.19. The number of rotatable bonds is 3. The van der Waals surface area contributed by atoms with Gasteiger partial charge in [-0.05, 0) is 62.0 Å². The number of hydrogen-bond acceptors (Lipinski definition) is 0. The van der Waals surface area contributed by atoms with Crippen molar-refractivity contribution in [2.75, 3.05) is 0 Å². The first-order valence-corrected chi connectivity index (χ1v) is 8.31. The molecular formula is C21H34. The molecule has 1 aliphatic carbocycles. The molecule has 0 aromatic carbocycles. The van der Waals surface area contributed by atoms with E-state index in [1.165, 1.54) is 30.4 Å². The van der Waals surface area contributed by atoms with Gasteiger partial charge in [-0.1, -0.05) is 70.1 Å². The van der Waals surface area contributed by atoms with Crippen LogP contribution in [0, 0.1) is 10.8 Å². The molecule has 0 aromatic rings. The molecule has 0 unspecified atom stereocenters. The molecule has 0 heterocycles. The van der Waals surface area contributed by atoms with Crippen LogP contribution < -0.4 is 0 Å². The molecule has 0 fully saturated rings. The first kappa shape index (κ1) is 18.0. The van der Waals surface area contributed by atoms with Gasteiger partial charge in [0.25, 0.3) is 0 Å². The van der Waals surface area contributed by atoms with Crippen molar-refractivity contribution >= 4 is 0 Å². The molecule has 0 radical (unpaired) electrons. The highest BCUT2D eigenvalue weighted by molar-refractivity contribution is 5.40. The van der Waals surface area contributed by atoms with E-state index in [0.717, 1.165) is 0 Å². The summed E-state index contributed by atoms with van der Waals surface area (Å²) in [7, 11) is 0. The van der Waals surface area contributed by atoms with Gasteiger partial charge in [0.05, 0.1) is 0 Å². The summed E-state index contributed by atoms with van der Waals surface area (Å²) in [5.74, 6) is 0. The van der Waals surface area contributed by atoms with Crippen LogP contribution in [0.5, 0.6) is 0 Å². The minimum Gasteiger partial charge on any atom is -0.0847 e. The normalized spacial score (nSPS) is 21.3. The molecule has 0 aliphatic heterocycles. The summed E-state index contributed by atoms with van der Waals surface area (Å²) in [6, 6.07) is 0. The van der Waals surface area contributed by atoms with Crippen molar-refractivity contribution in [1.29, 1.82) is 0 Å². The Bertz CT molecular complexity index is 485. The zero-order valence-electron chi connectivity index (χ0n) is 15.4.